The number of carbonyl (C=O) groups is 1. The van der Waals surface area contributed by atoms with Gasteiger partial charge in [0.15, 0.2) is 17.6 Å². The Morgan fingerprint density at radius 1 is 1.26 bits per heavy atom. The Balaban J connectivity index is 2.07. The third-order valence-electron chi connectivity index (χ3n) is 4.83. The van der Waals surface area contributed by atoms with E-state index >= 15 is 0 Å². The summed E-state index contributed by atoms with van der Waals surface area (Å²) in [6.45, 7) is 7.60. The van der Waals surface area contributed by atoms with Gasteiger partial charge in [0.25, 0.3) is 5.56 Å². The number of hydrogen-bond acceptors (Lipinski definition) is 7. The van der Waals surface area contributed by atoms with Gasteiger partial charge in [-0.15, -0.1) is 0 Å². The zero-order valence-corrected chi connectivity index (χ0v) is 21.8. The number of methoxy groups -OCH3 is 1. The van der Waals surface area contributed by atoms with Crippen molar-refractivity contribution in [3.05, 3.63) is 61.6 Å². The largest absolute Gasteiger partial charge is 0.490 e. The molecule has 0 unspecified atom stereocenters. The molecule has 0 aliphatic heterocycles. The van der Waals surface area contributed by atoms with E-state index in [1.807, 2.05) is 26.8 Å². The molecular formula is C24H25BrClN3O5. The molecule has 0 aliphatic rings. The number of rotatable bonds is 8. The lowest BCUT2D eigenvalue weighted by Gasteiger charge is -2.17. The first-order valence-corrected chi connectivity index (χ1v) is 11.8. The van der Waals surface area contributed by atoms with Gasteiger partial charge in [-0.2, -0.15) is 9.78 Å². The van der Waals surface area contributed by atoms with Crippen LogP contribution in [0.15, 0.2) is 44.7 Å². The van der Waals surface area contributed by atoms with Crippen molar-refractivity contribution in [2.75, 3.05) is 13.7 Å². The number of aromatic nitrogens is 2. The van der Waals surface area contributed by atoms with Crippen LogP contribution < -0.4 is 15.0 Å². The summed E-state index contributed by atoms with van der Waals surface area (Å²) in [6.07, 6.45) is 0.622. The highest BCUT2D eigenvalue weighted by atomic mass is 79.9. The fourth-order valence-electron chi connectivity index (χ4n) is 3.21. The summed E-state index contributed by atoms with van der Waals surface area (Å²) in [7, 11) is 1.28. The van der Waals surface area contributed by atoms with Gasteiger partial charge in [0.1, 0.15) is 5.82 Å². The molecule has 180 valence electrons. The van der Waals surface area contributed by atoms with Crippen LogP contribution in [0.5, 0.6) is 11.5 Å². The number of fused-ring (bicyclic) bond motifs is 1. The van der Waals surface area contributed by atoms with Crippen LogP contribution in [0, 0.1) is 0 Å². The molecular weight excluding hydrogens is 526 g/mol. The average Bonchev–Trinajstić information content (AvgIpc) is 2.80. The predicted molar refractivity (Wildman–Crippen MR) is 136 cm³/mol. The van der Waals surface area contributed by atoms with Crippen LogP contribution in [-0.4, -0.2) is 41.7 Å². The summed E-state index contributed by atoms with van der Waals surface area (Å²) >= 11 is 9.85. The SMILES string of the molecule is CCOc1cc(C=Nn2c(C(C)C)nc3ccc(Br)cc3c2=O)cc(Cl)c1O[C@H](C)C(=O)OC. The summed E-state index contributed by atoms with van der Waals surface area (Å²) in [4.78, 5) is 29.6. The van der Waals surface area contributed by atoms with Crippen molar-refractivity contribution in [3.63, 3.8) is 0 Å². The highest BCUT2D eigenvalue weighted by Crippen LogP contribution is 2.37. The molecule has 0 amide bonds. The van der Waals surface area contributed by atoms with Crippen LogP contribution in [0.1, 0.15) is 45.0 Å². The van der Waals surface area contributed by atoms with E-state index in [1.54, 1.807) is 31.2 Å². The van der Waals surface area contributed by atoms with Crippen molar-refractivity contribution in [1.82, 2.24) is 9.66 Å². The predicted octanol–water partition coefficient (Wildman–Crippen LogP) is 5.16. The molecule has 0 N–H and O–H groups in total. The lowest BCUT2D eigenvalue weighted by Crippen LogP contribution is -2.25. The smallest absolute Gasteiger partial charge is 0.346 e. The number of ether oxygens (including phenoxy) is 3. The Morgan fingerprint density at radius 2 is 2.00 bits per heavy atom. The Labute approximate surface area is 210 Å². The van der Waals surface area contributed by atoms with Crippen LogP contribution in [0.2, 0.25) is 5.02 Å². The van der Waals surface area contributed by atoms with E-state index in [1.165, 1.54) is 18.0 Å². The maximum atomic E-state index is 13.2. The second-order valence-corrected chi connectivity index (χ2v) is 9.02. The summed E-state index contributed by atoms with van der Waals surface area (Å²) < 4.78 is 18.1. The minimum absolute atomic E-state index is 0.0453. The minimum Gasteiger partial charge on any atom is -0.490 e. The molecule has 0 fully saturated rings. The van der Waals surface area contributed by atoms with E-state index < -0.39 is 12.1 Å². The van der Waals surface area contributed by atoms with E-state index in [0.29, 0.717) is 34.6 Å². The van der Waals surface area contributed by atoms with Gasteiger partial charge in [-0.1, -0.05) is 41.4 Å². The summed E-state index contributed by atoms with van der Waals surface area (Å²) in [5, 5.41) is 5.09. The third kappa shape index (κ3) is 5.59. The fraction of sp³-hybridized carbons (Fsp3) is 0.333. The van der Waals surface area contributed by atoms with E-state index in [-0.39, 0.29) is 22.2 Å². The van der Waals surface area contributed by atoms with Crippen LogP contribution in [0.3, 0.4) is 0 Å². The second-order valence-electron chi connectivity index (χ2n) is 7.69. The summed E-state index contributed by atoms with van der Waals surface area (Å²) in [5.74, 6) is 0.496. The van der Waals surface area contributed by atoms with Gasteiger partial charge >= 0.3 is 5.97 Å². The fourth-order valence-corrected chi connectivity index (χ4v) is 3.83. The maximum absolute atomic E-state index is 13.2. The van der Waals surface area contributed by atoms with Crippen LogP contribution >= 0.6 is 27.5 Å². The zero-order valence-electron chi connectivity index (χ0n) is 19.5. The first kappa shape index (κ1) is 25.7. The molecule has 2 aromatic carbocycles. The molecule has 3 rings (SSSR count). The topological polar surface area (TPSA) is 92.0 Å². The summed E-state index contributed by atoms with van der Waals surface area (Å²) in [5.41, 5.74) is 0.892. The van der Waals surface area contributed by atoms with Gasteiger partial charge in [0, 0.05) is 10.4 Å². The van der Waals surface area contributed by atoms with E-state index in [0.717, 1.165) is 4.47 Å². The quantitative estimate of drug-likeness (QED) is 0.284. The zero-order chi connectivity index (χ0) is 25.0. The Hall–Kier alpha value is -2.91. The number of halogens is 2. The molecule has 0 spiro atoms. The van der Waals surface area contributed by atoms with E-state index in [2.05, 4.69) is 26.0 Å². The highest BCUT2D eigenvalue weighted by Gasteiger charge is 2.21. The molecule has 0 radical (unpaired) electrons. The number of nitrogens with zero attached hydrogens (tertiary/aromatic N) is 3. The molecule has 3 aromatic rings. The first-order valence-electron chi connectivity index (χ1n) is 10.6. The van der Waals surface area contributed by atoms with Crippen molar-refractivity contribution in [2.45, 2.75) is 39.7 Å². The monoisotopic (exact) mass is 549 g/mol. The molecule has 0 saturated carbocycles. The molecule has 10 heteroatoms. The first-order chi connectivity index (χ1) is 16.2. The molecule has 1 aromatic heterocycles. The van der Waals surface area contributed by atoms with Gasteiger partial charge in [-0.05, 0) is 49.7 Å². The molecule has 8 nitrogen and oxygen atoms in total. The molecule has 0 bridgehead atoms. The Morgan fingerprint density at radius 3 is 2.65 bits per heavy atom. The number of hydrogen-bond donors (Lipinski definition) is 0. The van der Waals surface area contributed by atoms with Crippen molar-refractivity contribution >= 4 is 50.6 Å². The van der Waals surface area contributed by atoms with Crippen molar-refractivity contribution < 1.29 is 19.0 Å². The minimum atomic E-state index is -0.878. The van der Waals surface area contributed by atoms with E-state index in [4.69, 9.17) is 25.8 Å². The molecule has 0 aliphatic carbocycles. The van der Waals surface area contributed by atoms with Gasteiger partial charge in [-0.3, -0.25) is 4.79 Å². The van der Waals surface area contributed by atoms with Crippen molar-refractivity contribution in [2.24, 2.45) is 5.10 Å². The normalized spacial score (nSPS) is 12.4. The number of carbonyl (C=O) groups excluding carboxylic acids is 1. The van der Waals surface area contributed by atoms with Crippen LogP contribution in [0.4, 0.5) is 0 Å². The van der Waals surface area contributed by atoms with Gasteiger partial charge in [0.2, 0.25) is 0 Å². The van der Waals surface area contributed by atoms with Crippen molar-refractivity contribution in [3.8, 4) is 11.5 Å². The van der Waals surface area contributed by atoms with Gasteiger partial charge in [-0.25, -0.2) is 9.78 Å². The lowest BCUT2D eigenvalue weighted by molar-refractivity contribution is -0.147. The number of esters is 1. The highest BCUT2D eigenvalue weighted by molar-refractivity contribution is 9.10. The van der Waals surface area contributed by atoms with Crippen molar-refractivity contribution in [1.29, 1.82) is 0 Å². The number of benzene rings is 2. The third-order valence-corrected chi connectivity index (χ3v) is 5.61. The molecule has 1 heterocycles. The van der Waals surface area contributed by atoms with E-state index in [9.17, 15) is 9.59 Å². The summed E-state index contributed by atoms with van der Waals surface area (Å²) in [6, 6.07) is 8.64. The van der Waals surface area contributed by atoms with Gasteiger partial charge < -0.3 is 14.2 Å². The lowest BCUT2D eigenvalue weighted by atomic mass is 10.2. The average molecular weight is 551 g/mol. The Bertz CT molecular complexity index is 1310. The van der Waals surface area contributed by atoms with Gasteiger partial charge in [0.05, 0.1) is 35.9 Å². The second kappa shape index (κ2) is 11.0. The van der Waals surface area contributed by atoms with Crippen LogP contribution in [-0.2, 0) is 9.53 Å². The maximum Gasteiger partial charge on any atom is 0.346 e. The standard InChI is InChI=1S/C24H25BrClN3O5/c1-6-33-20-10-15(9-18(26)21(20)34-14(4)24(31)32-5)12-27-29-22(13(2)3)28-19-8-7-16(25)11-17(19)23(29)30/h7-14H,6H2,1-5H3/t14-/m1/s1. The van der Waals surface area contributed by atoms with Crippen LogP contribution in [0.25, 0.3) is 10.9 Å². The molecule has 1 atom stereocenters. The molecule has 0 saturated heterocycles. The molecule has 34 heavy (non-hydrogen) atoms. The Kier molecular flexibility index (Phi) is 8.33.